The molecule has 1 rings (SSSR count). The Morgan fingerprint density at radius 1 is 1.33 bits per heavy atom. The molecule has 0 spiro atoms. The third kappa shape index (κ3) is 3.22. The molecule has 0 atom stereocenters. The van der Waals surface area contributed by atoms with E-state index in [0.29, 0.717) is 5.69 Å². The Bertz CT molecular complexity index is 331. The predicted molar refractivity (Wildman–Crippen MR) is 66.0 cm³/mol. The molecule has 86 valence electrons. The van der Waals surface area contributed by atoms with E-state index in [4.69, 9.17) is 0 Å². The topological polar surface area (TPSA) is 12.0 Å². The first-order valence-corrected chi connectivity index (χ1v) is 5.49. The molecule has 15 heavy (non-hydrogen) atoms. The zero-order chi connectivity index (χ0) is 11.5. The molecule has 1 N–H and O–H groups in total. The number of benzene rings is 1. The number of hydrogen-bond acceptors (Lipinski definition) is 1. The van der Waals surface area contributed by atoms with Gasteiger partial charge in [0.15, 0.2) is 0 Å². The first kappa shape index (κ1) is 12.0. The molecule has 1 aromatic rings. The van der Waals surface area contributed by atoms with Gasteiger partial charge in [-0.2, -0.15) is 0 Å². The minimum atomic E-state index is -0.170. The van der Waals surface area contributed by atoms with Gasteiger partial charge in [0, 0.05) is 7.97 Å². The van der Waals surface area contributed by atoms with Gasteiger partial charge < -0.3 is 5.32 Å². The van der Waals surface area contributed by atoms with E-state index < -0.39 is 0 Å². The second-order valence-corrected chi connectivity index (χ2v) is 4.87. The predicted octanol–water partition coefficient (Wildman–Crippen LogP) is 4.19. The van der Waals surface area contributed by atoms with Crippen molar-refractivity contribution in [3.63, 3.8) is 0 Å². The maximum atomic E-state index is 13.4. The van der Waals surface area contributed by atoms with Gasteiger partial charge in [-0.15, -0.1) is 0 Å². The number of hydrogen-bond donors (Lipinski definition) is 1. The van der Waals surface area contributed by atoms with Crippen LogP contribution >= 0.6 is 0 Å². The lowest BCUT2D eigenvalue weighted by molar-refractivity contribution is 0.583. The second kappa shape index (κ2) is 4.65. The summed E-state index contributed by atoms with van der Waals surface area (Å²) >= 11 is 0. The van der Waals surface area contributed by atoms with E-state index in [1.54, 1.807) is 6.07 Å². The monoisotopic (exact) mass is 211 g/mol. The van der Waals surface area contributed by atoms with Crippen LogP contribution in [0, 0.1) is 5.82 Å². The van der Waals surface area contributed by atoms with Crippen molar-refractivity contribution in [2.75, 3.05) is 11.9 Å². The minimum Gasteiger partial charge on any atom is -0.383 e. The molecule has 2 heteroatoms. The Balaban J connectivity index is 0.00000225. The molecule has 0 saturated heterocycles. The molecule has 0 heterocycles. The molecule has 0 fully saturated rings. The van der Waals surface area contributed by atoms with Crippen LogP contribution in [0.5, 0.6) is 0 Å². The van der Waals surface area contributed by atoms with Gasteiger partial charge >= 0.3 is 0 Å². The third-order valence-corrected chi connectivity index (χ3v) is 2.40. The van der Waals surface area contributed by atoms with E-state index in [0.717, 1.165) is 18.5 Å². The zero-order valence-corrected chi connectivity index (χ0v) is 10.0. The molecule has 0 aliphatic rings. The second-order valence-electron chi connectivity index (χ2n) is 4.87. The Kier molecular flexibility index (Phi) is 3.72. The van der Waals surface area contributed by atoms with E-state index in [-0.39, 0.29) is 12.7 Å². The minimum absolute atomic E-state index is 0. The Morgan fingerprint density at radius 3 is 2.53 bits per heavy atom. The summed E-state index contributed by atoms with van der Waals surface area (Å²) in [6, 6.07) is 5.30. The van der Waals surface area contributed by atoms with Crippen LogP contribution in [0.1, 0.15) is 41.1 Å². The normalized spacial score (nSPS) is 11.5. The summed E-state index contributed by atoms with van der Waals surface area (Å²) in [5, 5.41) is 3.10. The Hall–Kier alpha value is -1.05. The van der Waals surface area contributed by atoms with Gasteiger partial charge in [0.1, 0.15) is 5.82 Å². The van der Waals surface area contributed by atoms with E-state index in [9.17, 15) is 4.39 Å². The molecule has 0 aromatic heterocycles. The summed E-state index contributed by atoms with van der Waals surface area (Å²) in [4.78, 5) is 0. The summed E-state index contributed by atoms with van der Waals surface area (Å²) in [5.74, 6) is -0.170. The molecular formula is C13H22FN. The van der Waals surface area contributed by atoms with Crippen molar-refractivity contribution in [2.45, 2.75) is 39.5 Å². The molecule has 1 aromatic carbocycles. The number of anilines is 1. The van der Waals surface area contributed by atoms with Crippen LogP contribution in [0.15, 0.2) is 18.2 Å². The van der Waals surface area contributed by atoms with Crippen LogP contribution in [0.2, 0.25) is 0 Å². The standard InChI is InChI=1S/C13H20FN.H2/c1-5-8-15-12-9-10(13(2,3)4)6-7-11(12)14;/h6-7,9,15H,5,8H2,1-4H3;1H. The molecule has 0 aliphatic heterocycles. The first-order valence-electron chi connectivity index (χ1n) is 5.49. The van der Waals surface area contributed by atoms with Crippen molar-refractivity contribution in [3.8, 4) is 0 Å². The van der Waals surface area contributed by atoms with Gasteiger partial charge in [0.25, 0.3) is 0 Å². The lowest BCUT2D eigenvalue weighted by Crippen LogP contribution is -2.12. The highest BCUT2D eigenvalue weighted by atomic mass is 19.1. The smallest absolute Gasteiger partial charge is 0.146 e. The van der Waals surface area contributed by atoms with Crippen molar-refractivity contribution in [2.24, 2.45) is 0 Å². The lowest BCUT2D eigenvalue weighted by atomic mass is 9.87. The van der Waals surface area contributed by atoms with E-state index in [1.807, 2.05) is 12.1 Å². The molecule has 0 bridgehead atoms. The highest BCUT2D eigenvalue weighted by molar-refractivity contribution is 5.48. The van der Waals surface area contributed by atoms with Crippen molar-refractivity contribution in [1.29, 1.82) is 0 Å². The maximum absolute atomic E-state index is 13.4. The maximum Gasteiger partial charge on any atom is 0.146 e. The summed E-state index contributed by atoms with van der Waals surface area (Å²) in [7, 11) is 0. The number of rotatable bonds is 3. The van der Waals surface area contributed by atoms with E-state index >= 15 is 0 Å². The van der Waals surface area contributed by atoms with E-state index in [1.165, 1.54) is 0 Å². The average Bonchev–Trinajstić information content (AvgIpc) is 2.15. The summed E-state index contributed by atoms with van der Waals surface area (Å²) in [6.45, 7) is 9.26. The Morgan fingerprint density at radius 2 is 2.00 bits per heavy atom. The van der Waals surface area contributed by atoms with Crippen molar-refractivity contribution < 1.29 is 5.82 Å². The highest BCUT2D eigenvalue weighted by Crippen LogP contribution is 2.26. The fourth-order valence-corrected chi connectivity index (χ4v) is 1.39. The first-order chi connectivity index (χ1) is 6.95. The summed E-state index contributed by atoms with van der Waals surface area (Å²) < 4.78 is 13.4. The molecular weight excluding hydrogens is 189 g/mol. The van der Waals surface area contributed by atoms with Gasteiger partial charge in [-0.3, -0.25) is 0 Å². The zero-order valence-electron chi connectivity index (χ0n) is 10.0. The molecule has 1 nitrogen and oxygen atoms in total. The van der Waals surface area contributed by atoms with Crippen molar-refractivity contribution in [3.05, 3.63) is 29.6 Å². The molecule has 0 amide bonds. The molecule has 0 radical (unpaired) electrons. The van der Waals surface area contributed by atoms with Crippen LogP contribution in [-0.2, 0) is 5.41 Å². The van der Waals surface area contributed by atoms with Gasteiger partial charge in [-0.1, -0.05) is 33.8 Å². The fraction of sp³-hybridized carbons (Fsp3) is 0.538. The lowest BCUT2D eigenvalue weighted by Gasteiger charge is -2.20. The van der Waals surface area contributed by atoms with Crippen LogP contribution in [0.25, 0.3) is 0 Å². The summed E-state index contributed by atoms with van der Waals surface area (Å²) in [5.41, 5.74) is 1.84. The average molecular weight is 211 g/mol. The molecule has 0 saturated carbocycles. The molecule has 0 aliphatic carbocycles. The van der Waals surface area contributed by atoms with Crippen LogP contribution in [-0.4, -0.2) is 6.54 Å². The van der Waals surface area contributed by atoms with Crippen LogP contribution in [0.4, 0.5) is 10.1 Å². The van der Waals surface area contributed by atoms with Crippen molar-refractivity contribution >= 4 is 5.69 Å². The highest BCUT2D eigenvalue weighted by Gasteiger charge is 2.15. The SMILES string of the molecule is CCCNc1cc(C(C)(C)C)ccc1F.[HH]. The van der Waals surface area contributed by atoms with Crippen LogP contribution < -0.4 is 5.32 Å². The van der Waals surface area contributed by atoms with Gasteiger partial charge in [-0.25, -0.2) is 4.39 Å². The molecule has 0 unspecified atom stereocenters. The van der Waals surface area contributed by atoms with Gasteiger partial charge in [0.2, 0.25) is 0 Å². The largest absolute Gasteiger partial charge is 0.383 e. The van der Waals surface area contributed by atoms with E-state index in [2.05, 4.69) is 33.0 Å². The summed E-state index contributed by atoms with van der Waals surface area (Å²) in [6.07, 6.45) is 0.999. The number of nitrogens with one attached hydrogen (secondary N) is 1. The van der Waals surface area contributed by atoms with Crippen LogP contribution in [0.3, 0.4) is 0 Å². The number of halogens is 1. The van der Waals surface area contributed by atoms with Crippen molar-refractivity contribution in [1.82, 2.24) is 0 Å². The van der Waals surface area contributed by atoms with Gasteiger partial charge in [0.05, 0.1) is 5.69 Å². The third-order valence-electron chi connectivity index (χ3n) is 2.40. The Labute approximate surface area is 93.2 Å². The quantitative estimate of drug-likeness (QED) is 0.790. The van der Waals surface area contributed by atoms with Gasteiger partial charge in [-0.05, 0) is 29.5 Å². The fourth-order valence-electron chi connectivity index (χ4n) is 1.39.